The van der Waals surface area contributed by atoms with Crippen LogP contribution in [0.3, 0.4) is 0 Å². The summed E-state index contributed by atoms with van der Waals surface area (Å²) in [5.41, 5.74) is 6.01. The Kier molecular flexibility index (Phi) is 3.35. The predicted molar refractivity (Wildman–Crippen MR) is 94.3 cm³/mol. The van der Waals surface area contributed by atoms with Crippen molar-refractivity contribution in [3.63, 3.8) is 0 Å². The summed E-state index contributed by atoms with van der Waals surface area (Å²) in [6.45, 7) is 4.58. The third-order valence-electron chi connectivity index (χ3n) is 5.60. The van der Waals surface area contributed by atoms with Crippen molar-refractivity contribution >= 4 is 11.1 Å². The molecule has 0 radical (unpaired) electrons. The lowest BCUT2D eigenvalue weighted by Gasteiger charge is -2.33. The minimum Gasteiger partial charge on any atom is -0.435 e. The van der Waals surface area contributed by atoms with Crippen LogP contribution in [0.5, 0.6) is 5.75 Å². The van der Waals surface area contributed by atoms with E-state index in [0.29, 0.717) is 12.1 Å². The van der Waals surface area contributed by atoms with E-state index in [-0.39, 0.29) is 0 Å². The zero-order valence-corrected chi connectivity index (χ0v) is 14.5. The van der Waals surface area contributed by atoms with Crippen molar-refractivity contribution in [2.45, 2.75) is 32.9 Å². The number of fused-ring (bicyclic) bond motifs is 2. The maximum Gasteiger partial charge on any atom is 0.338 e. The van der Waals surface area contributed by atoms with Crippen molar-refractivity contribution in [1.82, 2.24) is 0 Å². The second-order valence-corrected chi connectivity index (χ2v) is 7.55. The summed E-state index contributed by atoms with van der Waals surface area (Å²) >= 11 is 0. The molecule has 3 aromatic rings. The number of aromatic nitrogens is 1. The van der Waals surface area contributed by atoms with E-state index < -0.39 is 0 Å². The summed E-state index contributed by atoms with van der Waals surface area (Å²) in [5, 5.41) is 0. The summed E-state index contributed by atoms with van der Waals surface area (Å²) in [4.78, 5) is 0. The van der Waals surface area contributed by atoms with Crippen LogP contribution >= 0.6 is 0 Å². The molecule has 1 fully saturated rings. The lowest BCUT2D eigenvalue weighted by molar-refractivity contribution is -0.704. The van der Waals surface area contributed by atoms with Gasteiger partial charge in [0.15, 0.2) is 0 Å². The molecule has 0 atom stereocenters. The van der Waals surface area contributed by atoms with E-state index in [2.05, 4.69) is 31.2 Å². The van der Waals surface area contributed by atoms with Gasteiger partial charge in [0.05, 0.1) is 5.56 Å². The Morgan fingerprint density at radius 1 is 1.08 bits per heavy atom. The quantitative estimate of drug-likeness (QED) is 0.661. The molecule has 3 heterocycles. The monoisotopic (exact) mass is 336 g/mol. The molecule has 25 heavy (non-hydrogen) atoms. The molecule has 2 aliphatic heterocycles. The van der Waals surface area contributed by atoms with Crippen molar-refractivity contribution in [3.05, 3.63) is 48.4 Å². The van der Waals surface area contributed by atoms with Crippen LogP contribution in [-0.2, 0) is 17.9 Å². The number of rotatable bonds is 2. The molecule has 0 aliphatic carbocycles. The van der Waals surface area contributed by atoms with Gasteiger partial charge in [0, 0.05) is 18.8 Å². The molecular formula is C21H22NO3+. The lowest BCUT2D eigenvalue weighted by Crippen LogP contribution is -2.34. The zero-order valence-electron chi connectivity index (χ0n) is 14.5. The van der Waals surface area contributed by atoms with Gasteiger partial charge in [-0.15, -0.1) is 4.57 Å². The standard InChI is InChI=1S/C21H22NO3/c1-21(6-8-23-9-7-21)12-15-10-17-16-4-2-3-5-18(16)24-13-22-14-25-19(11-15)20(17)22/h2-5,10-11,14H,6-9,12-13H2,1H3/q+1. The van der Waals surface area contributed by atoms with Crippen molar-refractivity contribution in [1.29, 1.82) is 0 Å². The van der Waals surface area contributed by atoms with Gasteiger partial charge in [-0.2, -0.15) is 0 Å². The van der Waals surface area contributed by atoms with Crippen LogP contribution in [0.15, 0.2) is 47.2 Å². The molecule has 5 rings (SSSR count). The first-order valence-corrected chi connectivity index (χ1v) is 8.95. The highest BCUT2D eigenvalue weighted by Crippen LogP contribution is 2.39. The molecule has 0 spiro atoms. The van der Waals surface area contributed by atoms with Gasteiger partial charge in [-0.25, -0.2) is 0 Å². The molecular weight excluding hydrogens is 314 g/mol. The van der Waals surface area contributed by atoms with Gasteiger partial charge in [0.25, 0.3) is 12.2 Å². The second kappa shape index (κ2) is 5.60. The molecule has 1 saturated heterocycles. The van der Waals surface area contributed by atoms with Gasteiger partial charge in [0.2, 0.25) is 5.58 Å². The minimum absolute atomic E-state index is 0.294. The van der Waals surface area contributed by atoms with Gasteiger partial charge >= 0.3 is 6.39 Å². The normalized spacial score (nSPS) is 18.4. The smallest absolute Gasteiger partial charge is 0.338 e. The average molecular weight is 336 g/mol. The maximum absolute atomic E-state index is 5.98. The number of hydrogen-bond donors (Lipinski definition) is 0. The van der Waals surface area contributed by atoms with Crippen LogP contribution < -0.4 is 9.30 Å². The Bertz CT molecular complexity index is 937. The molecule has 0 saturated carbocycles. The highest BCUT2D eigenvalue weighted by atomic mass is 16.5. The number of nitrogens with zero attached hydrogens (tertiary/aromatic N) is 1. The van der Waals surface area contributed by atoms with Gasteiger partial charge < -0.3 is 13.9 Å². The van der Waals surface area contributed by atoms with Crippen LogP contribution in [0, 0.1) is 5.41 Å². The average Bonchev–Trinajstić information content (AvgIpc) is 2.95. The summed E-state index contributed by atoms with van der Waals surface area (Å²) in [5.74, 6) is 0.932. The van der Waals surface area contributed by atoms with E-state index in [9.17, 15) is 0 Å². The number of oxazole rings is 1. The van der Waals surface area contributed by atoms with Gasteiger partial charge in [-0.1, -0.05) is 25.1 Å². The van der Waals surface area contributed by atoms with E-state index in [4.69, 9.17) is 13.9 Å². The zero-order chi connectivity index (χ0) is 16.9. The maximum atomic E-state index is 5.98. The fourth-order valence-electron chi connectivity index (χ4n) is 4.11. The largest absolute Gasteiger partial charge is 0.435 e. The van der Waals surface area contributed by atoms with E-state index in [1.165, 1.54) is 11.1 Å². The Labute approximate surface area is 147 Å². The van der Waals surface area contributed by atoms with Crippen molar-refractivity contribution in [2.24, 2.45) is 5.41 Å². The fourth-order valence-corrected chi connectivity index (χ4v) is 4.11. The summed E-state index contributed by atoms with van der Waals surface area (Å²) in [6.07, 6.45) is 5.03. The molecule has 0 amide bonds. The number of para-hydroxylation sites is 1. The van der Waals surface area contributed by atoms with Crippen LogP contribution in [0.1, 0.15) is 25.3 Å². The SMILES string of the molecule is CC1(Cc2cc3c4c(c2)oc[n+]4COc2ccccc2-3)CCOCC1. The Morgan fingerprint density at radius 2 is 1.92 bits per heavy atom. The lowest BCUT2D eigenvalue weighted by atomic mass is 9.77. The first-order valence-electron chi connectivity index (χ1n) is 8.95. The van der Waals surface area contributed by atoms with Crippen LogP contribution in [0.4, 0.5) is 0 Å². The molecule has 4 heteroatoms. The summed E-state index contributed by atoms with van der Waals surface area (Å²) < 4.78 is 19.4. The number of hydrogen-bond acceptors (Lipinski definition) is 3. The minimum atomic E-state index is 0.294. The first kappa shape index (κ1) is 15.0. The van der Waals surface area contributed by atoms with Crippen molar-refractivity contribution in [3.8, 4) is 16.9 Å². The second-order valence-electron chi connectivity index (χ2n) is 7.55. The molecule has 128 valence electrons. The number of ether oxygens (including phenoxy) is 2. The number of benzene rings is 2. The Balaban J connectivity index is 1.65. The molecule has 2 aromatic carbocycles. The highest BCUT2D eigenvalue weighted by Gasteiger charge is 2.30. The molecule has 4 nitrogen and oxygen atoms in total. The molecule has 0 bridgehead atoms. The Hall–Kier alpha value is -2.33. The highest BCUT2D eigenvalue weighted by molar-refractivity contribution is 5.91. The van der Waals surface area contributed by atoms with E-state index in [1.807, 2.05) is 16.7 Å². The summed E-state index contributed by atoms with van der Waals surface area (Å²) in [6, 6.07) is 12.8. The van der Waals surface area contributed by atoms with E-state index in [0.717, 1.165) is 54.9 Å². The topological polar surface area (TPSA) is 35.5 Å². The van der Waals surface area contributed by atoms with Gasteiger partial charge in [-0.05, 0) is 48.4 Å². The van der Waals surface area contributed by atoms with Gasteiger partial charge in [-0.3, -0.25) is 0 Å². The van der Waals surface area contributed by atoms with Crippen LogP contribution in [-0.4, -0.2) is 13.2 Å². The van der Waals surface area contributed by atoms with Crippen molar-refractivity contribution in [2.75, 3.05) is 13.2 Å². The molecule has 1 aromatic heterocycles. The predicted octanol–water partition coefficient (Wildman–Crippen LogP) is 4.10. The summed E-state index contributed by atoms with van der Waals surface area (Å²) in [7, 11) is 0. The van der Waals surface area contributed by atoms with Crippen LogP contribution in [0.25, 0.3) is 22.2 Å². The molecule has 0 unspecified atom stereocenters. The third-order valence-corrected chi connectivity index (χ3v) is 5.60. The molecule has 0 N–H and O–H groups in total. The van der Waals surface area contributed by atoms with Gasteiger partial charge in [0.1, 0.15) is 5.75 Å². The Morgan fingerprint density at radius 3 is 2.80 bits per heavy atom. The van der Waals surface area contributed by atoms with Crippen molar-refractivity contribution < 1.29 is 18.5 Å². The first-order chi connectivity index (χ1) is 12.2. The van der Waals surface area contributed by atoms with E-state index in [1.54, 1.807) is 6.39 Å². The molecule has 2 aliphatic rings. The fraction of sp³-hybridized carbons (Fsp3) is 0.381. The third kappa shape index (κ3) is 2.52. The van der Waals surface area contributed by atoms with E-state index >= 15 is 0 Å². The van der Waals surface area contributed by atoms with Crippen LogP contribution in [0.2, 0.25) is 0 Å².